The van der Waals surface area contributed by atoms with Crippen LogP contribution in [0.25, 0.3) is 11.6 Å². The summed E-state index contributed by atoms with van der Waals surface area (Å²) in [5.41, 5.74) is 3.65. The highest BCUT2D eigenvalue weighted by Crippen LogP contribution is 2.38. The number of ether oxygens (including phenoxy) is 1. The van der Waals surface area contributed by atoms with Crippen LogP contribution in [0.1, 0.15) is 51.7 Å². The first-order valence-electron chi connectivity index (χ1n) is 14.0. The molecule has 0 aliphatic carbocycles. The second kappa shape index (κ2) is 13.1. The molecule has 0 heterocycles. The minimum absolute atomic E-state index is 0.0226. The fraction of sp³-hybridized carbons (Fsp3) is 0.278. The van der Waals surface area contributed by atoms with Crippen LogP contribution in [0, 0.1) is 5.92 Å². The third kappa shape index (κ3) is 6.79. The standard InChI is InChI=1S/C36H42O2Si/c1-29(25-26-31(27-30-17-9-6-10-18-30)34-23-15-16-24-35(34)37-5)28-38-39(36(2,3)4,32-19-11-7-12-20-32)33-21-13-8-14-22-33/h6-24,27,29H,25-26,28H2,1-5H3/b31-27-. The lowest BCUT2D eigenvalue weighted by Crippen LogP contribution is -2.66. The zero-order valence-electron chi connectivity index (χ0n) is 24.1. The van der Waals surface area contributed by atoms with E-state index in [9.17, 15) is 0 Å². The predicted octanol–water partition coefficient (Wildman–Crippen LogP) is 8.23. The molecule has 0 bridgehead atoms. The van der Waals surface area contributed by atoms with E-state index in [4.69, 9.17) is 9.16 Å². The molecular weight excluding hydrogens is 492 g/mol. The maximum absolute atomic E-state index is 7.22. The molecule has 1 atom stereocenters. The van der Waals surface area contributed by atoms with Crippen molar-refractivity contribution in [3.8, 4) is 5.75 Å². The molecule has 4 rings (SSSR count). The summed E-state index contributed by atoms with van der Waals surface area (Å²) in [6, 6.07) is 40.7. The van der Waals surface area contributed by atoms with E-state index in [2.05, 4.69) is 137 Å². The van der Waals surface area contributed by atoms with Crippen molar-refractivity contribution in [3.63, 3.8) is 0 Å². The van der Waals surface area contributed by atoms with Gasteiger partial charge in [-0.15, -0.1) is 0 Å². The maximum atomic E-state index is 7.22. The molecule has 3 heteroatoms. The van der Waals surface area contributed by atoms with Gasteiger partial charge in [0, 0.05) is 12.2 Å². The molecule has 0 saturated heterocycles. The Morgan fingerprint density at radius 2 is 1.26 bits per heavy atom. The lowest BCUT2D eigenvalue weighted by atomic mass is 9.94. The fourth-order valence-electron chi connectivity index (χ4n) is 5.46. The van der Waals surface area contributed by atoms with Gasteiger partial charge in [0.1, 0.15) is 5.75 Å². The van der Waals surface area contributed by atoms with E-state index in [0.717, 1.165) is 30.8 Å². The summed E-state index contributed by atoms with van der Waals surface area (Å²) in [5, 5.41) is 2.63. The van der Waals surface area contributed by atoms with E-state index in [-0.39, 0.29) is 5.04 Å². The third-order valence-electron chi connectivity index (χ3n) is 7.50. The quantitative estimate of drug-likeness (QED) is 0.143. The molecule has 0 aromatic heterocycles. The summed E-state index contributed by atoms with van der Waals surface area (Å²) in [4.78, 5) is 0. The van der Waals surface area contributed by atoms with Crippen molar-refractivity contribution in [2.45, 2.75) is 45.6 Å². The number of benzene rings is 4. The SMILES string of the molecule is COc1ccccc1/C(=C\c1ccccc1)CCC(C)CO[Si](c1ccccc1)(c1ccccc1)C(C)(C)C. The molecule has 0 spiro atoms. The number of allylic oxidation sites excluding steroid dienone is 1. The second-order valence-electron chi connectivity index (χ2n) is 11.4. The van der Waals surface area contributed by atoms with Gasteiger partial charge < -0.3 is 9.16 Å². The number of methoxy groups -OCH3 is 1. The molecular formula is C36H42O2Si. The summed E-state index contributed by atoms with van der Waals surface area (Å²) in [7, 11) is -0.793. The second-order valence-corrected chi connectivity index (χ2v) is 15.7. The van der Waals surface area contributed by atoms with E-state index < -0.39 is 8.32 Å². The van der Waals surface area contributed by atoms with Crippen LogP contribution in [-0.4, -0.2) is 22.0 Å². The first-order chi connectivity index (χ1) is 18.8. The Morgan fingerprint density at radius 3 is 1.79 bits per heavy atom. The Labute approximate surface area is 236 Å². The molecule has 0 N–H and O–H groups in total. The summed E-state index contributed by atoms with van der Waals surface area (Å²) < 4.78 is 13.0. The van der Waals surface area contributed by atoms with Gasteiger partial charge in [-0.05, 0) is 51.4 Å². The Bertz CT molecular complexity index is 1290. The molecule has 0 radical (unpaired) electrons. The first kappa shape index (κ1) is 28.6. The van der Waals surface area contributed by atoms with Gasteiger partial charge in [-0.25, -0.2) is 0 Å². The Morgan fingerprint density at radius 1 is 0.744 bits per heavy atom. The first-order valence-corrected chi connectivity index (χ1v) is 15.9. The highest BCUT2D eigenvalue weighted by atomic mass is 28.4. The van der Waals surface area contributed by atoms with E-state index >= 15 is 0 Å². The Kier molecular flexibility index (Phi) is 9.61. The van der Waals surface area contributed by atoms with E-state index in [1.807, 2.05) is 12.1 Å². The minimum atomic E-state index is -2.54. The summed E-state index contributed by atoms with van der Waals surface area (Å²) in [6.45, 7) is 10.1. The monoisotopic (exact) mass is 534 g/mol. The molecule has 4 aromatic rings. The lowest BCUT2D eigenvalue weighted by Gasteiger charge is -2.43. The lowest BCUT2D eigenvalue weighted by molar-refractivity contribution is 0.239. The van der Waals surface area contributed by atoms with Crippen LogP contribution in [-0.2, 0) is 4.43 Å². The fourth-order valence-corrected chi connectivity index (χ4v) is 10.1. The molecule has 0 fully saturated rings. The average molecular weight is 535 g/mol. The number of para-hydroxylation sites is 1. The van der Waals surface area contributed by atoms with Crippen LogP contribution in [0.4, 0.5) is 0 Å². The Hall–Kier alpha value is -3.40. The van der Waals surface area contributed by atoms with Gasteiger partial charge in [-0.2, -0.15) is 0 Å². The molecule has 202 valence electrons. The van der Waals surface area contributed by atoms with Crippen molar-refractivity contribution < 1.29 is 9.16 Å². The highest BCUT2D eigenvalue weighted by Gasteiger charge is 2.50. The van der Waals surface area contributed by atoms with Gasteiger partial charge in [0.15, 0.2) is 0 Å². The van der Waals surface area contributed by atoms with Crippen LogP contribution in [0.5, 0.6) is 5.75 Å². The van der Waals surface area contributed by atoms with Gasteiger partial charge in [-0.3, -0.25) is 0 Å². The average Bonchev–Trinajstić information content (AvgIpc) is 2.96. The van der Waals surface area contributed by atoms with Crippen molar-refractivity contribution in [2.24, 2.45) is 5.92 Å². The van der Waals surface area contributed by atoms with Crippen LogP contribution in [0.3, 0.4) is 0 Å². The van der Waals surface area contributed by atoms with Crippen molar-refractivity contribution >= 4 is 30.3 Å². The van der Waals surface area contributed by atoms with Gasteiger partial charge in [0.2, 0.25) is 0 Å². The van der Waals surface area contributed by atoms with Gasteiger partial charge in [0.25, 0.3) is 8.32 Å². The van der Waals surface area contributed by atoms with Crippen LogP contribution in [0.15, 0.2) is 115 Å². The highest BCUT2D eigenvalue weighted by molar-refractivity contribution is 6.99. The van der Waals surface area contributed by atoms with Gasteiger partial charge in [-0.1, -0.05) is 143 Å². The molecule has 0 saturated carbocycles. The number of hydrogen-bond acceptors (Lipinski definition) is 2. The smallest absolute Gasteiger partial charge is 0.261 e. The summed E-state index contributed by atoms with van der Waals surface area (Å²) in [6.07, 6.45) is 4.27. The predicted molar refractivity (Wildman–Crippen MR) is 169 cm³/mol. The maximum Gasteiger partial charge on any atom is 0.261 e. The minimum Gasteiger partial charge on any atom is -0.496 e. The molecule has 0 aliphatic heterocycles. The normalized spacial score (nSPS) is 13.2. The van der Waals surface area contributed by atoms with Crippen molar-refractivity contribution in [3.05, 3.63) is 126 Å². The number of hydrogen-bond donors (Lipinski definition) is 0. The molecule has 39 heavy (non-hydrogen) atoms. The van der Waals surface area contributed by atoms with Gasteiger partial charge in [0.05, 0.1) is 7.11 Å². The Balaban J connectivity index is 1.59. The topological polar surface area (TPSA) is 18.5 Å². The van der Waals surface area contributed by atoms with Crippen LogP contribution < -0.4 is 15.1 Å². The largest absolute Gasteiger partial charge is 0.496 e. The van der Waals surface area contributed by atoms with E-state index in [0.29, 0.717) is 5.92 Å². The van der Waals surface area contributed by atoms with Crippen molar-refractivity contribution in [1.82, 2.24) is 0 Å². The molecule has 1 unspecified atom stereocenters. The van der Waals surface area contributed by atoms with E-state index in [1.165, 1.54) is 21.5 Å². The van der Waals surface area contributed by atoms with Gasteiger partial charge >= 0.3 is 0 Å². The number of rotatable bonds is 11. The van der Waals surface area contributed by atoms with Crippen LogP contribution in [0.2, 0.25) is 5.04 Å². The van der Waals surface area contributed by atoms with Crippen molar-refractivity contribution in [1.29, 1.82) is 0 Å². The molecule has 4 aromatic carbocycles. The molecule has 0 amide bonds. The molecule has 0 aliphatic rings. The summed E-state index contributed by atoms with van der Waals surface area (Å²) >= 11 is 0. The zero-order valence-corrected chi connectivity index (χ0v) is 25.1. The molecule has 2 nitrogen and oxygen atoms in total. The zero-order chi connectivity index (χ0) is 27.7. The third-order valence-corrected chi connectivity index (χ3v) is 12.5. The van der Waals surface area contributed by atoms with Crippen molar-refractivity contribution in [2.75, 3.05) is 13.7 Å². The van der Waals surface area contributed by atoms with E-state index in [1.54, 1.807) is 7.11 Å². The van der Waals surface area contributed by atoms with Crippen LogP contribution >= 0.6 is 0 Å². The summed E-state index contributed by atoms with van der Waals surface area (Å²) in [5.74, 6) is 1.30.